The Morgan fingerprint density at radius 2 is 2.36 bits per heavy atom. The van der Waals surface area contributed by atoms with E-state index in [0.717, 1.165) is 24.0 Å². The fourth-order valence-corrected chi connectivity index (χ4v) is 5.73. The molecule has 0 radical (unpaired) electrons. The molecule has 82 valence electrons. The van der Waals surface area contributed by atoms with E-state index in [1.54, 1.807) is 0 Å². The Labute approximate surface area is 95.4 Å². The van der Waals surface area contributed by atoms with Crippen LogP contribution in [0.2, 0.25) is 0 Å². The second-order valence-electron chi connectivity index (χ2n) is 5.00. The van der Waals surface area contributed by atoms with Gasteiger partial charge < -0.3 is 5.11 Å². The Morgan fingerprint density at radius 1 is 1.57 bits per heavy atom. The zero-order valence-electron chi connectivity index (χ0n) is 9.03. The van der Waals surface area contributed by atoms with Gasteiger partial charge in [-0.25, -0.2) is 0 Å². The normalized spacial score (nSPS) is 47.8. The smallest absolute Gasteiger partial charge is 0.0615 e. The standard InChI is InChI=1S/C11H20OS2/c1-8-3-10(12)11(6-13-2)4-9(8)5-14-7-11/h8-10,12H,3-7H2,1-2H3. The van der Waals surface area contributed by atoms with Crippen LogP contribution in [0.3, 0.4) is 0 Å². The van der Waals surface area contributed by atoms with Crippen LogP contribution in [0.1, 0.15) is 19.8 Å². The summed E-state index contributed by atoms with van der Waals surface area (Å²) in [6.07, 6.45) is 4.41. The van der Waals surface area contributed by atoms with Crippen LogP contribution in [0.5, 0.6) is 0 Å². The highest BCUT2D eigenvalue weighted by Crippen LogP contribution is 2.50. The first kappa shape index (κ1) is 11.2. The second kappa shape index (κ2) is 4.26. The maximum atomic E-state index is 10.2. The average molecular weight is 232 g/mol. The number of aliphatic hydroxyl groups is 1. The van der Waals surface area contributed by atoms with E-state index in [2.05, 4.69) is 24.9 Å². The van der Waals surface area contributed by atoms with E-state index in [4.69, 9.17) is 0 Å². The van der Waals surface area contributed by atoms with Crippen LogP contribution in [0, 0.1) is 17.3 Å². The Bertz CT molecular complexity index is 205. The molecule has 1 nitrogen and oxygen atoms in total. The van der Waals surface area contributed by atoms with Gasteiger partial charge in [0.25, 0.3) is 0 Å². The Kier molecular flexibility index (Phi) is 3.40. The van der Waals surface area contributed by atoms with Gasteiger partial charge in [0.05, 0.1) is 6.10 Å². The molecule has 1 N–H and O–H groups in total. The molecule has 2 bridgehead atoms. The fourth-order valence-electron chi connectivity index (χ4n) is 2.93. The van der Waals surface area contributed by atoms with Crippen molar-refractivity contribution in [2.24, 2.45) is 17.3 Å². The summed E-state index contributed by atoms with van der Waals surface area (Å²) < 4.78 is 0. The van der Waals surface area contributed by atoms with E-state index in [0.29, 0.717) is 0 Å². The highest BCUT2D eigenvalue weighted by Gasteiger charge is 2.47. The second-order valence-corrected chi connectivity index (χ2v) is 6.90. The van der Waals surface area contributed by atoms with Crippen LogP contribution >= 0.6 is 23.5 Å². The van der Waals surface area contributed by atoms with Crippen molar-refractivity contribution in [2.75, 3.05) is 23.5 Å². The Morgan fingerprint density at radius 3 is 3.07 bits per heavy atom. The molecule has 1 saturated carbocycles. The van der Waals surface area contributed by atoms with Crippen molar-refractivity contribution >= 4 is 23.5 Å². The monoisotopic (exact) mass is 232 g/mol. The molecule has 2 aliphatic rings. The SMILES string of the molecule is CSCC12CSCC(C1)C(C)CC2O. The Balaban J connectivity index is 2.14. The van der Waals surface area contributed by atoms with Gasteiger partial charge in [-0.2, -0.15) is 23.5 Å². The number of hydrogen-bond donors (Lipinski definition) is 1. The molecule has 0 amide bonds. The van der Waals surface area contributed by atoms with Crippen molar-refractivity contribution < 1.29 is 5.11 Å². The molecule has 0 aromatic carbocycles. The van der Waals surface area contributed by atoms with E-state index >= 15 is 0 Å². The lowest BCUT2D eigenvalue weighted by Gasteiger charge is -2.50. The highest BCUT2D eigenvalue weighted by atomic mass is 32.2. The largest absolute Gasteiger partial charge is 0.392 e. The number of hydrogen-bond acceptors (Lipinski definition) is 3. The third-order valence-electron chi connectivity index (χ3n) is 3.93. The molecule has 1 saturated heterocycles. The van der Waals surface area contributed by atoms with Gasteiger partial charge in [-0.1, -0.05) is 6.92 Å². The predicted octanol–water partition coefficient (Wildman–Crippen LogP) is 2.49. The zero-order chi connectivity index (χ0) is 10.2. The first-order chi connectivity index (χ1) is 6.68. The summed E-state index contributed by atoms with van der Waals surface area (Å²) in [4.78, 5) is 0. The molecule has 2 fully saturated rings. The molecule has 1 aliphatic carbocycles. The summed E-state index contributed by atoms with van der Waals surface area (Å²) in [7, 11) is 0. The van der Waals surface area contributed by atoms with E-state index in [9.17, 15) is 5.11 Å². The summed E-state index contributed by atoms with van der Waals surface area (Å²) in [5.74, 6) is 5.24. The number of thioether (sulfide) groups is 2. The first-order valence-corrected chi connectivity index (χ1v) is 7.97. The zero-order valence-corrected chi connectivity index (χ0v) is 10.7. The van der Waals surface area contributed by atoms with E-state index in [1.807, 2.05) is 11.8 Å². The lowest BCUT2D eigenvalue weighted by atomic mass is 9.66. The number of rotatable bonds is 2. The van der Waals surface area contributed by atoms with Gasteiger partial charge in [0.1, 0.15) is 0 Å². The van der Waals surface area contributed by atoms with Crippen molar-refractivity contribution in [1.29, 1.82) is 0 Å². The molecule has 14 heavy (non-hydrogen) atoms. The van der Waals surface area contributed by atoms with Gasteiger partial charge in [0.2, 0.25) is 0 Å². The fraction of sp³-hybridized carbons (Fsp3) is 1.00. The molecule has 0 aromatic heterocycles. The molecule has 0 aromatic rings. The van der Waals surface area contributed by atoms with Gasteiger partial charge in [-0.3, -0.25) is 0 Å². The van der Waals surface area contributed by atoms with Crippen LogP contribution in [-0.4, -0.2) is 34.7 Å². The van der Waals surface area contributed by atoms with Crippen molar-refractivity contribution in [2.45, 2.75) is 25.9 Å². The predicted molar refractivity (Wildman–Crippen MR) is 66.0 cm³/mol. The van der Waals surface area contributed by atoms with E-state index in [-0.39, 0.29) is 11.5 Å². The van der Waals surface area contributed by atoms with Crippen LogP contribution in [0.25, 0.3) is 0 Å². The number of fused-ring (bicyclic) bond motifs is 2. The van der Waals surface area contributed by atoms with Gasteiger partial charge in [-0.05, 0) is 36.7 Å². The third-order valence-corrected chi connectivity index (χ3v) is 6.24. The van der Waals surface area contributed by atoms with Crippen LogP contribution in [0.4, 0.5) is 0 Å². The topological polar surface area (TPSA) is 20.2 Å². The van der Waals surface area contributed by atoms with E-state index < -0.39 is 0 Å². The summed E-state index contributed by atoms with van der Waals surface area (Å²) in [5, 5.41) is 10.2. The molecular weight excluding hydrogens is 212 g/mol. The molecule has 2 rings (SSSR count). The molecular formula is C11H20OS2. The molecule has 1 aliphatic heterocycles. The van der Waals surface area contributed by atoms with Gasteiger partial charge in [0, 0.05) is 16.9 Å². The lowest BCUT2D eigenvalue weighted by Crippen LogP contribution is -2.50. The Hall–Kier alpha value is 0.660. The summed E-state index contributed by atoms with van der Waals surface area (Å²) in [6.45, 7) is 2.31. The summed E-state index contributed by atoms with van der Waals surface area (Å²) >= 11 is 3.96. The number of aliphatic hydroxyl groups excluding tert-OH is 1. The van der Waals surface area contributed by atoms with Crippen molar-refractivity contribution in [3.05, 3.63) is 0 Å². The van der Waals surface area contributed by atoms with Gasteiger partial charge >= 0.3 is 0 Å². The quantitative estimate of drug-likeness (QED) is 0.790. The first-order valence-electron chi connectivity index (χ1n) is 5.43. The minimum atomic E-state index is -0.0472. The lowest BCUT2D eigenvalue weighted by molar-refractivity contribution is -0.0241. The summed E-state index contributed by atoms with van der Waals surface area (Å²) in [5.41, 5.74) is 0.250. The molecule has 1 heterocycles. The van der Waals surface area contributed by atoms with Crippen LogP contribution in [0.15, 0.2) is 0 Å². The third kappa shape index (κ3) is 1.83. The van der Waals surface area contributed by atoms with E-state index in [1.165, 1.54) is 17.9 Å². The molecule has 4 atom stereocenters. The minimum absolute atomic E-state index is 0.0472. The minimum Gasteiger partial charge on any atom is -0.392 e. The molecule has 4 unspecified atom stereocenters. The van der Waals surface area contributed by atoms with Gasteiger partial charge in [-0.15, -0.1) is 0 Å². The molecule has 0 spiro atoms. The average Bonchev–Trinajstić information content (AvgIpc) is 2.16. The maximum Gasteiger partial charge on any atom is 0.0615 e. The maximum absolute atomic E-state index is 10.2. The van der Waals surface area contributed by atoms with Crippen LogP contribution in [-0.2, 0) is 0 Å². The van der Waals surface area contributed by atoms with Crippen LogP contribution < -0.4 is 0 Å². The molecule has 3 heteroatoms. The van der Waals surface area contributed by atoms with Gasteiger partial charge in [0.15, 0.2) is 0 Å². The summed E-state index contributed by atoms with van der Waals surface area (Å²) in [6, 6.07) is 0. The highest BCUT2D eigenvalue weighted by molar-refractivity contribution is 8.00. The van der Waals surface area contributed by atoms with Crippen molar-refractivity contribution in [3.63, 3.8) is 0 Å². The van der Waals surface area contributed by atoms with Crippen molar-refractivity contribution in [3.8, 4) is 0 Å². The van der Waals surface area contributed by atoms with Crippen molar-refractivity contribution in [1.82, 2.24) is 0 Å².